The largest absolute Gasteiger partial charge is 0.493 e. The number of hydrogen-bond donors (Lipinski definition) is 2. The van der Waals surface area contributed by atoms with Crippen LogP contribution in [0.15, 0.2) is 53.3 Å². The van der Waals surface area contributed by atoms with E-state index in [0.29, 0.717) is 22.9 Å². The smallest absolute Gasteiger partial charge is 0.295 e. The Bertz CT molecular complexity index is 1210. The van der Waals surface area contributed by atoms with Gasteiger partial charge in [-0.2, -0.15) is 0 Å². The lowest BCUT2D eigenvalue weighted by Gasteiger charge is -2.13. The Labute approximate surface area is 191 Å². The van der Waals surface area contributed by atoms with Crippen molar-refractivity contribution in [3.05, 3.63) is 70.1 Å². The van der Waals surface area contributed by atoms with E-state index in [1.807, 2.05) is 44.2 Å². The molecule has 1 aromatic heterocycles. The first-order valence-corrected chi connectivity index (χ1v) is 10.5. The second kappa shape index (κ2) is 10.1. The molecule has 0 aliphatic carbocycles. The summed E-state index contributed by atoms with van der Waals surface area (Å²) in [5.74, 6) is -0.103. The molecule has 0 aliphatic heterocycles. The molecule has 0 bridgehead atoms. The fourth-order valence-corrected chi connectivity index (χ4v) is 3.33. The summed E-state index contributed by atoms with van der Waals surface area (Å²) in [7, 11) is 3.20. The highest BCUT2D eigenvalue weighted by Crippen LogP contribution is 2.28. The number of anilines is 1. The maximum absolute atomic E-state index is 13.0. The van der Waals surface area contributed by atoms with Crippen LogP contribution >= 0.6 is 0 Å². The van der Waals surface area contributed by atoms with Crippen molar-refractivity contribution in [2.24, 2.45) is 7.05 Å². The molecule has 33 heavy (non-hydrogen) atoms. The Kier molecular flexibility index (Phi) is 7.22. The molecule has 0 saturated carbocycles. The Morgan fingerprint density at radius 3 is 2.39 bits per heavy atom. The summed E-state index contributed by atoms with van der Waals surface area (Å²) in [5, 5.41) is 5.45. The lowest BCUT2D eigenvalue weighted by Crippen LogP contribution is -2.34. The summed E-state index contributed by atoms with van der Waals surface area (Å²) in [6.07, 6.45) is 0. The Morgan fingerprint density at radius 2 is 1.76 bits per heavy atom. The van der Waals surface area contributed by atoms with Crippen LogP contribution < -0.4 is 25.7 Å². The van der Waals surface area contributed by atoms with Gasteiger partial charge in [0.25, 0.3) is 17.4 Å². The van der Waals surface area contributed by atoms with Gasteiger partial charge in [-0.1, -0.05) is 18.2 Å². The normalized spacial score (nSPS) is 10.7. The molecule has 1 heterocycles. The minimum atomic E-state index is -0.469. The minimum Gasteiger partial charge on any atom is -0.493 e. The van der Waals surface area contributed by atoms with Gasteiger partial charge >= 0.3 is 0 Å². The van der Waals surface area contributed by atoms with Gasteiger partial charge < -0.3 is 20.1 Å². The van der Waals surface area contributed by atoms with Crippen molar-refractivity contribution in [2.75, 3.05) is 19.0 Å². The standard InChI is InChI=1S/C24H28N4O5/c1-15(2)25-21(29)14-33-19-12-11-17(13-20(19)32-5)23(30)26-22-16(3)27(4)28(24(22)31)18-9-7-6-8-10-18/h6-13,15H,14H2,1-5H3,(H,25,29)(H,26,30). The van der Waals surface area contributed by atoms with Gasteiger partial charge in [0.15, 0.2) is 18.1 Å². The van der Waals surface area contributed by atoms with E-state index in [1.54, 1.807) is 30.8 Å². The number of para-hydroxylation sites is 1. The van der Waals surface area contributed by atoms with Gasteiger partial charge in [0, 0.05) is 18.7 Å². The summed E-state index contributed by atoms with van der Waals surface area (Å²) in [6.45, 7) is 5.29. The molecular formula is C24H28N4O5. The van der Waals surface area contributed by atoms with Crippen LogP contribution in [0.25, 0.3) is 5.69 Å². The first kappa shape index (κ1) is 23.6. The number of rotatable bonds is 8. The number of carbonyl (C=O) groups is 2. The predicted molar refractivity (Wildman–Crippen MR) is 125 cm³/mol. The molecule has 9 nitrogen and oxygen atoms in total. The van der Waals surface area contributed by atoms with E-state index < -0.39 is 5.91 Å². The van der Waals surface area contributed by atoms with Crippen molar-refractivity contribution < 1.29 is 19.1 Å². The van der Waals surface area contributed by atoms with Gasteiger partial charge in [0.1, 0.15) is 5.69 Å². The summed E-state index contributed by atoms with van der Waals surface area (Å²) < 4.78 is 14.0. The second-order valence-electron chi connectivity index (χ2n) is 7.77. The van der Waals surface area contributed by atoms with Gasteiger partial charge in [0.2, 0.25) is 0 Å². The molecule has 3 aromatic rings. The van der Waals surface area contributed by atoms with Crippen molar-refractivity contribution in [3.8, 4) is 17.2 Å². The Morgan fingerprint density at radius 1 is 1.06 bits per heavy atom. The van der Waals surface area contributed by atoms with E-state index in [9.17, 15) is 14.4 Å². The zero-order valence-electron chi connectivity index (χ0n) is 19.3. The minimum absolute atomic E-state index is 0.00184. The summed E-state index contributed by atoms with van der Waals surface area (Å²) in [6, 6.07) is 13.8. The highest BCUT2D eigenvalue weighted by atomic mass is 16.5. The molecule has 9 heteroatoms. The van der Waals surface area contributed by atoms with Crippen LogP contribution in [0.2, 0.25) is 0 Å². The molecule has 0 atom stereocenters. The zero-order chi connectivity index (χ0) is 24.1. The summed E-state index contributed by atoms with van der Waals surface area (Å²) >= 11 is 0. The lowest BCUT2D eigenvalue weighted by atomic mass is 10.2. The van der Waals surface area contributed by atoms with E-state index in [0.717, 1.165) is 0 Å². The fourth-order valence-electron chi connectivity index (χ4n) is 3.33. The third-order valence-electron chi connectivity index (χ3n) is 5.03. The maximum atomic E-state index is 13.0. The summed E-state index contributed by atoms with van der Waals surface area (Å²) in [4.78, 5) is 37.8. The Hall–Kier alpha value is -4.01. The second-order valence-corrected chi connectivity index (χ2v) is 7.77. The molecule has 0 fully saturated rings. The molecule has 2 aromatic carbocycles. The van der Waals surface area contributed by atoms with Crippen molar-refractivity contribution in [3.63, 3.8) is 0 Å². The first-order valence-electron chi connectivity index (χ1n) is 10.5. The van der Waals surface area contributed by atoms with Crippen LogP contribution in [-0.2, 0) is 11.8 Å². The van der Waals surface area contributed by atoms with E-state index in [2.05, 4.69) is 10.6 Å². The number of nitrogens with zero attached hydrogens (tertiary/aromatic N) is 2. The lowest BCUT2D eigenvalue weighted by molar-refractivity contribution is -0.123. The predicted octanol–water partition coefficient (Wildman–Crippen LogP) is 2.65. The van der Waals surface area contributed by atoms with E-state index in [4.69, 9.17) is 9.47 Å². The van der Waals surface area contributed by atoms with Gasteiger partial charge in [0.05, 0.1) is 18.5 Å². The number of aromatic nitrogens is 2. The highest BCUT2D eigenvalue weighted by molar-refractivity contribution is 6.05. The fraction of sp³-hybridized carbons (Fsp3) is 0.292. The van der Waals surface area contributed by atoms with Crippen LogP contribution in [0.4, 0.5) is 5.69 Å². The van der Waals surface area contributed by atoms with Crippen LogP contribution in [0.5, 0.6) is 11.5 Å². The van der Waals surface area contributed by atoms with Crippen LogP contribution in [-0.4, -0.2) is 40.9 Å². The average Bonchev–Trinajstić information content (AvgIpc) is 3.00. The molecule has 2 amide bonds. The first-order chi connectivity index (χ1) is 15.7. The molecule has 174 valence electrons. The highest BCUT2D eigenvalue weighted by Gasteiger charge is 2.20. The molecule has 0 unspecified atom stereocenters. The van der Waals surface area contributed by atoms with Crippen molar-refractivity contribution in [2.45, 2.75) is 26.8 Å². The molecular weight excluding hydrogens is 424 g/mol. The molecule has 0 spiro atoms. The number of nitrogens with one attached hydrogen (secondary N) is 2. The van der Waals surface area contributed by atoms with Crippen molar-refractivity contribution in [1.82, 2.24) is 14.7 Å². The number of methoxy groups -OCH3 is 1. The number of benzene rings is 2. The van der Waals surface area contributed by atoms with Gasteiger partial charge in [-0.05, 0) is 51.1 Å². The van der Waals surface area contributed by atoms with Gasteiger partial charge in [-0.3, -0.25) is 19.1 Å². The molecule has 0 aliphatic rings. The molecule has 3 rings (SSSR count). The van der Waals surface area contributed by atoms with E-state index in [-0.39, 0.29) is 35.4 Å². The van der Waals surface area contributed by atoms with E-state index >= 15 is 0 Å². The maximum Gasteiger partial charge on any atom is 0.295 e. The molecule has 0 radical (unpaired) electrons. The summed E-state index contributed by atoms with van der Waals surface area (Å²) in [5.41, 5.74) is 1.44. The third-order valence-corrected chi connectivity index (χ3v) is 5.03. The molecule has 0 saturated heterocycles. The van der Waals surface area contributed by atoms with Crippen molar-refractivity contribution >= 4 is 17.5 Å². The SMILES string of the molecule is COc1cc(C(=O)Nc2c(C)n(C)n(-c3ccccc3)c2=O)ccc1OCC(=O)NC(C)C. The zero-order valence-corrected chi connectivity index (χ0v) is 19.3. The van der Waals surface area contributed by atoms with Crippen LogP contribution in [0.3, 0.4) is 0 Å². The van der Waals surface area contributed by atoms with Crippen LogP contribution in [0, 0.1) is 6.92 Å². The van der Waals surface area contributed by atoms with E-state index in [1.165, 1.54) is 17.9 Å². The number of ether oxygens (including phenoxy) is 2. The van der Waals surface area contributed by atoms with Gasteiger partial charge in [-0.15, -0.1) is 0 Å². The Balaban J connectivity index is 1.81. The number of hydrogen-bond acceptors (Lipinski definition) is 5. The average molecular weight is 453 g/mol. The quantitative estimate of drug-likeness (QED) is 0.547. The number of carbonyl (C=O) groups excluding carboxylic acids is 2. The van der Waals surface area contributed by atoms with Crippen molar-refractivity contribution in [1.29, 1.82) is 0 Å². The monoisotopic (exact) mass is 452 g/mol. The molecule has 2 N–H and O–H groups in total. The van der Waals surface area contributed by atoms with Crippen LogP contribution in [0.1, 0.15) is 29.9 Å². The number of amides is 2. The third kappa shape index (κ3) is 5.25. The topological polar surface area (TPSA) is 104 Å². The van der Waals surface area contributed by atoms with Gasteiger partial charge in [-0.25, -0.2) is 4.68 Å².